The summed E-state index contributed by atoms with van der Waals surface area (Å²) in [6, 6.07) is 5.26. The van der Waals surface area contributed by atoms with Crippen molar-refractivity contribution in [3.63, 3.8) is 0 Å². The maximum absolute atomic E-state index is 11.6. The van der Waals surface area contributed by atoms with Gasteiger partial charge in [0.05, 0.1) is 12.7 Å². The molecule has 0 fully saturated rings. The summed E-state index contributed by atoms with van der Waals surface area (Å²) < 4.78 is 4.72. The summed E-state index contributed by atoms with van der Waals surface area (Å²) >= 11 is 0. The molecule has 0 bridgehead atoms. The van der Waals surface area contributed by atoms with Gasteiger partial charge in [-0.05, 0) is 25.5 Å². The van der Waals surface area contributed by atoms with Crippen LogP contribution in [0.3, 0.4) is 0 Å². The normalized spacial score (nSPS) is 10.2. The average molecular weight is 244 g/mol. The number of benzene rings is 1. The quantitative estimate of drug-likeness (QED) is 0.742. The molecule has 1 heterocycles. The summed E-state index contributed by atoms with van der Waals surface area (Å²) in [7, 11) is 1.35. The van der Waals surface area contributed by atoms with E-state index in [0.29, 0.717) is 17.2 Å². The highest BCUT2D eigenvalue weighted by Crippen LogP contribution is 2.22. The molecule has 6 nitrogen and oxygen atoms in total. The number of carbonyl (C=O) groups is 1. The number of carbonyl (C=O) groups excluding carboxylic acids is 1. The number of esters is 1. The van der Waals surface area contributed by atoms with Gasteiger partial charge in [0.15, 0.2) is 5.82 Å². The molecule has 0 atom stereocenters. The summed E-state index contributed by atoms with van der Waals surface area (Å²) in [6.45, 7) is 3.52. The third kappa shape index (κ3) is 2.17. The fourth-order valence-electron chi connectivity index (χ4n) is 1.60. The van der Waals surface area contributed by atoms with Gasteiger partial charge in [-0.3, -0.25) is 0 Å². The molecule has 1 aromatic heterocycles. The zero-order chi connectivity index (χ0) is 13.1. The molecule has 0 saturated heterocycles. The third-order valence-electron chi connectivity index (χ3n) is 2.56. The standard InChI is InChI=1S/C12H12N4O2/c1-7-9(11-15-13-8(2)14-16-11)5-4-6-10(7)12(17)18-3/h4-6H,1-3H3. The maximum Gasteiger partial charge on any atom is 0.338 e. The van der Waals surface area contributed by atoms with Crippen molar-refractivity contribution in [1.82, 2.24) is 20.4 Å². The van der Waals surface area contributed by atoms with Gasteiger partial charge in [0.1, 0.15) is 0 Å². The second kappa shape index (κ2) is 4.87. The molecule has 2 aromatic rings. The number of aryl methyl sites for hydroxylation is 1. The molecule has 0 unspecified atom stereocenters. The highest BCUT2D eigenvalue weighted by molar-refractivity contribution is 5.92. The van der Waals surface area contributed by atoms with Crippen LogP contribution in [-0.2, 0) is 4.74 Å². The Kier molecular flexibility index (Phi) is 3.27. The van der Waals surface area contributed by atoms with Gasteiger partial charge in [0, 0.05) is 5.56 Å². The number of methoxy groups -OCH3 is 1. The van der Waals surface area contributed by atoms with Crippen LogP contribution in [0.5, 0.6) is 0 Å². The van der Waals surface area contributed by atoms with Gasteiger partial charge in [0.2, 0.25) is 5.82 Å². The maximum atomic E-state index is 11.6. The Balaban J connectivity index is 2.52. The van der Waals surface area contributed by atoms with Crippen LogP contribution in [-0.4, -0.2) is 33.5 Å². The molecule has 18 heavy (non-hydrogen) atoms. The van der Waals surface area contributed by atoms with Crippen molar-refractivity contribution >= 4 is 5.97 Å². The lowest BCUT2D eigenvalue weighted by Gasteiger charge is -2.07. The number of nitrogens with zero attached hydrogens (tertiary/aromatic N) is 4. The second-order valence-corrected chi connectivity index (χ2v) is 3.74. The summed E-state index contributed by atoms with van der Waals surface area (Å²) in [5, 5.41) is 15.6. The lowest BCUT2D eigenvalue weighted by atomic mass is 10.0. The number of aromatic nitrogens is 4. The van der Waals surface area contributed by atoms with E-state index >= 15 is 0 Å². The zero-order valence-electron chi connectivity index (χ0n) is 10.3. The van der Waals surface area contributed by atoms with Gasteiger partial charge >= 0.3 is 5.97 Å². The van der Waals surface area contributed by atoms with E-state index in [4.69, 9.17) is 4.74 Å². The van der Waals surface area contributed by atoms with Crippen LogP contribution < -0.4 is 0 Å². The van der Waals surface area contributed by atoms with E-state index in [2.05, 4.69) is 20.4 Å². The zero-order valence-corrected chi connectivity index (χ0v) is 10.3. The lowest BCUT2D eigenvalue weighted by molar-refractivity contribution is 0.0600. The van der Waals surface area contributed by atoms with Crippen LogP contribution in [0.1, 0.15) is 21.7 Å². The minimum absolute atomic E-state index is 0.387. The van der Waals surface area contributed by atoms with Gasteiger partial charge in [-0.2, -0.15) is 0 Å². The first-order valence-electron chi connectivity index (χ1n) is 5.35. The largest absolute Gasteiger partial charge is 0.465 e. The molecule has 0 spiro atoms. The van der Waals surface area contributed by atoms with Crippen LogP contribution in [0.15, 0.2) is 18.2 Å². The Morgan fingerprint density at radius 1 is 1.11 bits per heavy atom. The van der Waals surface area contributed by atoms with Gasteiger partial charge < -0.3 is 4.74 Å². The van der Waals surface area contributed by atoms with Crippen LogP contribution in [0, 0.1) is 13.8 Å². The van der Waals surface area contributed by atoms with Gasteiger partial charge in [-0.1, -0.05) is 12.1 Å². The van der Waals surface area contributed by atoms with Crippen LogP contribution in [0.4, 0.5) is 0 Å². The number of hydrogen-bond donors (Lipinski definition) is 0. The second-order valence-electron chi connectivity index (χ2n) is 3.74. The van der Waals surface area contributed by atoms with E-state index in [-0.39, 0.29) is 5.97 Å². The van der Waals surface area contributed by atoms with Crippen molar-refractivity contribution in [2.75, 3.05) is 7.11 Å². The minimum atomic E-state index is -0.387. The first kappa shape index (κ1) is 12.1. The highest BCUT2D eigenvalue weighted by atomic mass is 16.5. The van der Waals surface area contributed by atoms with Gasteiger partial charge in [-0.15, -0.1) is 20.4 Å². The van der Waals surface area contributed by atoms with E-state index < -0.39 is 0 Å². The van der Waals surface area contributed by atoms with E-state index in [1.807, 2.05) is 13.0 Å². The van der Waals surface area contributed by atoms with E-state index in [9.17, 15) is 4.79 Å². The monoisotopic (exact) mass is 244 g/mol. The van der Waals surface area contributed by atoms with Crippen molar-refractivity contribution in [1.29, 1.82) is 0 Å². The molecule has 0 aliphatic rings. The van der Waals surface area contributed by atoms with Crippen LogP contribution in [0.2, 0.25) is 0 Å². The molecule has 2 rings (SSSR count). The Bertz CT molecular complexity index is 581. The van der Waals surface area contributed by atoms with Crippen molar-refractivity contribution in [3.8, 4) is 11.4 Å². The van der Waals surface area contributed by atoms with E-state index in [0.717, 1.165) is 11.1 Å². The molecule has 92 valence electrons. The first-order valence-corrected chi connectivity index (χ1v) is 5.35. The molecular formula is C12H12N4O2. The Labute approximate surface area is 104 Å². The number of hydrogen-bond acceptors (Lipinski definition) is 6. The minimum Gasteiger partial charge on any atom is -0.465 e. The Hall–Kier alpha value is -2.37. The summed E-state index contributed by atoms with van der Waals surface area (Å²) in [5.74, 6) is 0.506. The van der Waals surface area contributed by atoms with Crippen molar-refractivity contribution in [3.05, 3.63) is 35.2 Å². The van der Waals surface area contributed by atoms with Crippen LogP contribution >= 0.6 is 0 Å². The summed E-state index contributed by atoms with van der Waals surface area (Å²) in [4.78, 5) is 11.6. The highest BCUT2D eigenvalue weighted by Gasteiger charge is 2.14. The lowest BCUT2D eigenvalue weighted by Crippen LogP contribution is -2.06. The predicted octanol–water partition coefficient (Wildman–Crippen LogP) is 1.34. The Morgan fingerprint density at radius 3 is 2.39 bits per heavy atom. The van der Waals surface area contributed by atoms with Gasteiger partial charge in [-0.25, -0.2) is 4.79 Å². The van der Waals surface area contributed by atoms with Crippen LogP contribution in [0.25, 0.3) is 11.4 Å². The fourth-order valence-corrected chi connectivity index (χ4v) is 1.60. The summed E-state index contributed by atoms with van der Waals surface area (Å²) in [5.41, 5.74) is 1.95. The molecule has 0 radical (unpaired) electrons. The van der Waals surface area contributed by atoms with E-state index in [1.165, 1.54) is 7.11 Å². The molecule has 0 saturated carbocycles. The topological polar surface area (TPSA) is 77.9 Å². The molecule has 1 aromatic carbocycles. The number of ether oxygens (including phenoxy) is 1. The average Bonchev–Trinajstić information content (AvgIpc) is 2.39. The van der Waals surface area contributed by atoms with E-state index in [1.54, 1.807) is 19.1 Å². The molecule has 6 heteroatoms. The molecule has 0 N–H and O–H groups in total. The molecular weight excluding hydrogens is 232 g/mol. The molecule has 0 aliphatic heterocycles. The Morgan fingerprint density at radius 2 is 1.78 bits per heavy atom. The van der Waals surface area contributed by atoms with Crippen molar-refractivity contribution in [2.45, 2.75) is 13.8 Å². The molecule has 0 amide bonds. The van der Waals surface area contributed by atoms with Gasteiger partial charge in [0.25, 0.3) is 0 Å². The van der Waals surface area contributed by atoms with Crippen molar-refractivity contribution < 1.29 is 9.53 Å². The molecule has 0 aliphatic carbocycles. The van der Waals surface area contributed by atoms with Crippen molar-refractivity contribution in [2.24, 2.45) is 0 Å². The first-order chi connectivity index (χ1) is 8.63. The summed E-state index contributed by atoms with van der Waals surface area (Å²) in [6.07, 6.45) is 0. The third-order valence-corrected chi connectivity index (χ3v) is 2.56. The number of rotatable bonds is 2. The smallest absolute Gasteiger partial charge is 0.338 e. The predicted molar refractivity (Wildman–Crippen MR) is 63.9 cm³/mol. The fraction of sp³-hybridized carbons (Fsp3) is 0.250. The SMILES string of the molecule is COC(=O)c1cccc(-c2nnc(C)nn2)c1C.